The summed E-state index contributed by atoms with van der Waals surface area (Å²) in [4.78, 5) is 18.8. The minimum atomic E-state index is -0.0667. The zero-order valence-corrected chi connectivity index (χ0v) is 17.2. The summed E-state index contributed by atoms with van der Waals surface area (Å²) < 4.78 is 5.56. The molecule has 1 aromatic carbocycles. The van der Waals surface area contributed by atoms with Crippen LogP contribution >= 0.6 is 11.3 Å². The van der Waals surface area contributed by atoms with Crippen LogP contribution in [0.4, 0.5) is 0 Å². The molecular weight excluding hydrogens is 360 g/mol. The molecule has 0 aliphatic heterocycles. The highest BCUT2D eigenvalue weighted by Crippen LogP contribution is 2.19. The molecular formula is C20H28N4O2S. The van der Waals surface area contributed by atoms with E-state index < -0.39 is 0 Å². The van der Waals surface area contributed by atoms with E-state index in [-0.39, 0.29) is 12.5 Å². The van der Waals surface area contributed by atoms with Gasteiger partial charge in [0.15, 0.2) is 12.6 Å². The van der Waals surface area contributed by atoms with E-state index in [2.05, 4.69) is 40.1 Å². The normalized spacial score (nSPS) is 12.4. The fourth-order valence-corrected chi connectivity index (χ4v) is 3.13. The average molecular weight is 389 g/mol. The lowest BCUT2D eigenvalue weighted by Crippen LogP contribution is -2.38. The Labute approximate surface area is 165 Å². The third kappa shape index (κ3) is 6.94. The molecule has 27 heavy (non-hydrogen) atoms. The van der Waals surface area contributed by atoms with Crippen molar-refractivity contribution in [2.75, 3.05) is 34.3 Å². The second kappa shape index (κ2) is 10.6. The van der Waals surface area contributed by atoms with Gasteiger partial charge in [0.1, 0.15) is 5.75 Å². The number of ether oxygens (including phenoxy) is 1. The van der Waals surface area contributed by atoms with E-state index in [0.29, 0.717) is 18.2 Å². The average Bonchev–Trinajstić information content (AvgIpc) is 3.21. The highest BCUT2D eigenvalue weighted by Gasteiger charge is 2.08. The Morgan fingerprint density at radius 3 is 2.74 bits per heavy atom. The minimum Gasteiger partial charge on any atom is -0.484 e. The Morgan fingerprint density at radius 2 is 2.07 bits per heavy atom. The molecule has 1 unspecified atom stereocenters. The SMILES string of the molecule is CN=C(NCc1cccc(OCC(=O)N(C)C)c1)NCC(C)c1cccs1. The van der Waals surface area contributed by atoms with Gasteiger partial charge >= 0.3 is 0 Å². The molecule has 2 rings (SSSR count). The third-order valence-corrected chi connectivity index (χ3v) is 5.15. The number of nitrogens with one attached hydrogen (secondary N) is 2. The first-order chi connectivity index (χ1) is 13.0. The van der Waals surface area contributed by atoms with E-state index in [1.807, 2.05) is 24.3 Å². The summed E-state index contributed by atoms with van der Waals surface area (Å²) in [5, 5.41) is 8.76. The van der Waals surface area contributed by atoms with Gasteiger partial charge in [0, 0.05) is 45.0 Å². The number of thiophene rings is 1. The van der Waals surface area contributed by atoms with E-state index >= 15 is 0 Å². The van der Waals surface area contributed by atoms with Crippen molar-refractivity contribution in [1.82, 2.24) is 15.5 Å². The predicted octanol–water partition coefficient (Wildman–Crippen LogP) is 2.68. The van der Waals surface area contributed by atoms with Crippen molar-refractivity contribution >= 4 is 23.2 Å². The summed E-state index contributed by atoms with van der Waals surface area (Å²) >= 11 is 1.77. The monoisotopic (exact) mass is 388 g/mol. The second-order valence-electron chi connectivity index (χ2n) is 6.45. The zero-order chi connectivity index (χ0) is 19.6. The number of likely N-dealkylation sites (N-methyl/N-ethyl adjacent to an activating group) is 1. The summed E-state index contributed by atoms with van der Waals surface area (Å²) in [7, 11) is 5.19. The van der Waals surface area contributed by atoms with E-state index in [4.69, 9.17) is 4.74 Å². The van der Waals surface area contributed by atoms with E-state index in [0.717, 1.165) is 18.1 Å². The fraction of sp³-hybridized carbons (Fsp3) is 0.400. The number of hydrogen-bond donors (Lipinski definition) is 2. The number of benzene rings is 1. The molecule has 0 fully saturated rings. The number of hydrogen-bond acceptors (Lipinski definition) is 4. The summed E-state index contributed by atoms with van der Waals surface area (Å²) in [6, 6.07) is 11.9. The Kier molecular flexibility index (Phi) is 8.13. The number of nitrogens with zero attached hydrogens (tertiary/aromatic N) is 2. The van der Waals surface area contributed by atoms with Crippen molar-refractivity contribution in [2.45, 2.75) is 19.4 Å². The molecule has 0 aliphatic rings. The molecule has 146 valence electrons. The summed E-state index contributed by atoms with van der Waals surface area (Å²) in [5.74, 6) is 1.80. The summed E-state index contributed by atoms with van der Waals surface area (Å²) in [6.07, 6.45) is 0. The van der Waals surface area contributed by atoms with Crippen molar-refractivity contribution in [3.63, 3.8) is 0 Å². The van der Waals surface area contributed by atoms with Crippen LogP contribution in [0.25, 0.3) is 0 Å². The topological polar surface area (TPSA) is 66.0 Å². The van der Waals surface area contributed by atoms with Gasteiger partial charge in [0.05, 0.1) is 0 Å². The van der Waals surface area contributed by atoms with Crippen LogP contribution in [-0.2, 0) is 11.3 Å². The van der Waals surface area contributed by atoms with Gasteiger partial charge < -0.3 is 20.3 Å². The van der Waals surface area contributed by atoms with E-state index in [1.54, 1.807) is 32.5 Å². The molecule has 0 saturated carbocycles. The van der Waals surface area contributed by atoms with Gasteiger partial charge in [-0.05, 0) is 29.1 Å². The minimum absolute atomic E-state index is 0.0354. The molecule has 2 N–H and O–H groups in total. The van der Waals surface area contributed by atoms with Crippen LogP contribution in [0, 0.1) is 0 Å². The first-order valence-corrected chi connectivity index (χ1v) is 9.77. The lowest BCUT2D eigenvalue weighted by Gasteiger charge is -2.16. The Hall–Kier alpha value is -2.54. The molecule has 0 aliphatic carbocycles. The number of amides is 1. The van der Waals surface area contributed by atoms with Gasteiger partial charge in [0.25, 0.3) is 5.91 Å². The maximum Gasteiger partial charge on any atom is 0.259 e. The quantitative estimate of drug-likeness (QED) is 0.539. The van der Waals surface area contributed by atoms with Crippen molar-refractivity contribution in [3.05, 3.63) is 52.2 Å². The van der Waals surface area contributed by atoms with Gasteiger partial charge in [-0.15, -0.1) is 11.3 Å². The van der Waals surface area contributed by atoms with Crippen molar-refractivity contribution in [3.8, 4) is 5.75 Å². The highest BCUT2D eigenvalue weighted by molar-refractivity contribution is 7.10. The lowest BCUT2D eigenvalue weighted by molar-refractivity contribution is -0.130. The zero-order valence-electron chi connectivity index (χ0n) is 16.4. The first kappa shape index (κ1) is 20.8. The van der Waals surface area contributed by atoms with Gasteiger partial charge in [-0.3, -0.25) is 9.79 Å². The summed E-state index contributed by atoms with van der Waals surface area (Å²) in [5.41, 5.74) is 1.05. The highest BCUT2D eigenvalue weighted by atomic mass is 32.1. The maximum absolute atomic E-state index is 11.6. The molecule has 1 heterocycles. The predicted molar refractivity (Wildman–Crippen MR) is 112 cm³/mol. The van der Waals surface area contributed by atoms with Gasteiger partial charge in [0.2, 0.25) is 0 Å². The van der Waals surface area contributed by atoms with Crippen LogP contribution in [0.5, 0.6) is 5.75 Å². The second-order valence-corrected chi connectivity index (χ2v) is 7.43. The Morgan fingerprint density at radius 1 is 1.26 bits per heavy atom. The van der Waals surface area contributed by atoms with E-state index in [9.17, 15) is 4.79 Å². The number of rotatable bonds is 8. The van der Waals surface area contributed by atoms with Crippen LogP contribution < -0.4 is 15.4 Å². The van der Waals surface area contributed by atoms with Crippen LogP contribution in [0.15, 0.2) is 46.8 Å². The smallest absolute Gasteiger partial charge is 0.259 e. The number of guanidine groups is 1. The van der Waals surface area contributed by atoms with E-state index in [1.165, 1.54) is 9.78 Å². The lowest BCUT2D eigenvalue weighted by atomic mass is 10.1. The largest absolute Gasteiger partial charge is 0.484 e. The Balaban J connectivity index is 1.81. The molecule has 7 heteroatoms. The van der Waals surface area contributed by atoms with Crippen LogP contribution in [0.1, 0.15) is 23.3 Å². The van der Waals surface area contributed by atoms with Gasteiger partial charge in [-0.25, -0.2) is 0 Å². The van der Waals surface area contributed by atoms with Crippen molar-refractivity contribution < 1.29 is 9.53 Å². The summed E-state index contributed by atoms with van der Waals surface area (Å²) in [6.45, 7) is 3.66. The van der Waals surface area contributed by atoms with Crippen molar-refractivity contribution in [1.29, 1.82) is 0 Å². The molecule has 0 radical (unpaired) electrons. The molecule has 0 spiro atoms. The molecule has 1 atom stereocenters. The molecule has 0 bridgehead atoms. The standard InChI is InChI=1S/C20H28N4O2S/c1-15(18-9-6-10-27-18)12-22-20(21-2)23-13-16-7-5-8-17(11-16)26-14-19(25)24(3)4/h5-11,15H,12-14H2,1-4H3,(H2,21,22,23). The maximum atomic E-state index is 11.6. The third-order valence-electron chi connectivity index (χ3n) is 4.05. The molecule has 0 saturated heterocycles. The van der Waals surface area contributed by atoms with Crippen LogP contribution in [0.2, 0.25) is 0 Å². The molecule has 6 nitrogen and oxygen atoms in total. The van der Waals surface area contributed by atoms with Crippen LogP contribution in [0.3, 0.4) is 0 Å². The van der Waals surface area contributed by atoms with Crippen LogP contribution in [-0.4, -0.2) is 51.1 Å². The molecule has 1 aromatic heterocycles. The molecule has 2 aromatic rings. The number of carbonyl (C=O) groups excluding carboxylic acids is 1. The fourth-order valence-electron chi connectivity index (χ4n) is 2.35. The molecule has 1 amide bonds. The van der Waals surface area contributed by atoms with Gasteiger partial charge in [-0.1, -0.05) is 25.1 Å². The number of carbonyl (C=O) groups is 1. The number of aliphatic imine (C=N–C) groups is 1. The Bertz CT molecular complexity index is 744. The first-order valence-electron chi connectivity index (χ1n) is 8.89. The van der Waals surface area contributed by atoms with Crippen molar-refractivity contribution in [2.24, 2.45) is 4.99 Å². The van der Waals surface area contributed by atoms with Gasteiger partial charge in [-0.2, -0.15) is 0 Å².